The molecular formula is C54H61Br2Cl2N7O8S3. The number of nitrogens with zero attached hydrogens (tertiary/aromatic N) is 4. The molecule has 2 aliphatic heterocycles. The van der Waals surface area contributed by atoms with Crippen molar-refractivity contribution >= 4 is 136 Å². The number of benzene rings is 3. The van der Waals surface area contributed by atoms with E-state index in [9.17, 15) is 39.6 Å². The normalized spacial score (nSPS) is 15.2. The second kappa shape index (κ2) is 31.0. The molecule has 2 fully saturated rings. The summed E-state index contributed by atoms with van der Waals surface area (Å²) in [7, 11) is 0. The van der Waals surface area contributed by atoms with Crippen LogP contribution in [0.25, 0.3) is 12.2 Å². The minimum atomic E-state index is -1.83. The second-order valence-electron chi connectivity index (χ2n) is 17.5. The Morgan fingerprint density at radius 3 is 1.36 bits per heavy atom. The number of thiophene rings is 3. The van der Waals surface area contributed by atoms with Crippen LogP contribution in [0.15, 0.2) is 122 Å². The average molecular weight is 1260 g/mol. The third-order valence-electron chi connectivity index (χ3n) is 12.1. The van der Waals surface area contributed by atoms with Crippen molar-refractivity contribution in [1.82, 2.24) is 20.4 Å². The average Bonchev–Trinajstić information content (AvgIpc) is 4.21. The van der Waals surface area contributed by atoms with E-state index in [1.165, 1.54) is 14.7 Å². The molecule has 6 aromatic rings. The number of amides is 4. The second-order valence-corrected chi connectivity index (χ2v) is 23.1. The van der Waals surface area contributed by atoms with Gasteiger partial charge in [0.05, 0.1) is 21.4 Å². The van der Waals surface area contributed by atoms with E-state index in [0.29, 0.717) is 81.8 Å². The van der Waals surface area contributed by atoms with Gasteiger partial charge in [-0.25, -0.2) is 0 Å². The van der Waals surface area contributed by atoms with Crippen LogP contribution < -0.4 is 26.2 Å². The maximum atomic E-state index is 12.7. The highest BCUT2D eigenvalue weighted by Crippen LogP contribution is 2.28. The van der Waals surface area contributed by atoms with E-state index in [4.69, 9.17) is 28.9 Å². The van der Waals surface area contributed by atoms with Gasteiger partial charge in [0.15, 0.2) is 24.4 Å². The number of anilines is 2. The fourth-order valence-electron chi connectivity index (χ4n) is 7.99. The first kappa shape index (κ1) is 60.5. The summed E-state index contributed by atoms with van der Waals surface area (Å²) in [4.78, 5) is 60.3. The number of halogens is 4. The molecule has 22 heteroatoms. The van der Waals surface area contributed by atoms with Gasteiger partial charge in [-0.2, -0.15) is 0 Å². The summed E-state index contributed by atoms with van der Waals surface area (Å²) >= 11 is 24.1. The van der Waals surface area contributed by atoms with Crippen molar-refractivity contribution in [2.75, 3.05) is 81.8 Å². The Bertz CT molecular complexity index is 2820. The van der Waals surface area contributed by atoms with E-state index >= 15 is 0 Å². The van der Waals surface area contributed by atoms with Crippen molar-refractivity contribution in [3.05, 3.63) is 158 Å². The summed E-state index contributed by atoms with van der Waals surface area (Å²) in [5.74, 6) is -2.84. The minimum Gasteiger partial charge on any atom is -0.380 e. The predicted molar refractivity (Wildman–Crippen MR) is 314 cm³/mol. The van der Waals surface area contributed by atoms with Gasteiger partial charge >= 0.3 is 0 Å². The molecule has 0 unspecified atom stereocenters. The monoisotopic (exact) mass is 1260 g/mol. The van der Waals surface area contributed by atoms with E-state index in [1.54, 1.807) is 34.0 Å². The summed E-state index contributed by atoms with van der Waals surface area (Å²) in [6.07, 6.45) is -1.01. The highest BCUT2D eigenvalue weighted by Gasteiger charge is 2.36. The minimum absolute atomic E-state index is 0.287. The lowest BCUT2D eigenvalue weighted by Crippen LogP contribution is -2.55. The number of para-hydroxylation sites is 2. The highest BCUT2D eigenvalue weighted by atomic mass is 79.9. The number of nitrogens with one attached hydrogen (secondary N) is 2. The summed E-state index contributed by atoms with van der Waals surface area (Å²) in [6.45, 7) is 4.93. The van der Waals surface area contributed by atoms with Crippen molar-refractivity contribution < 1.29 is 39.6 Å². The van der Waals surface area contributed by atoms with Crippen molar-refractivity contribution in [2.45, 2.75) is 43.7 Å². The van der Waals surface area contributed by atoms with Crippen molar-refractivity contribution in [1.29, 1.82) is 0 Å². The molecule has 0 radical (unpaired) electrons. The number of rotatable bonds is 18. The fourth-order valence-corrected chi connectivity index (χ4v) is 12.3. The summed E-state index contributed by atoms with van der Waals surface area (Å²) < 4.78 is 2.14. The van der Waals surface area contributed by atoms with E-state index in [2.05, 4.69) is 63.7 Å². The Balaban J connectivity index is 0.000000215. The number of carbonyl (C=O) groups is 4. The van der Waals surface area contributed by atoms with Gasteiger partial charge in [0.2, 0.25) is 0 Å². The smallest absolute Gasteiger partial charge is 0.254 e. The van der Waals surface area contributed by atoms with E-state index in [1.807, 2.05) is 114 Å². The zero-order chi connectivity index (χ0) is 54.6. The van der Waals surface area contributed by atoms with E-state index in [-0.39, 0.29) is 6.54 Å². The van der Waals surface area contributed by atoms with Gasteiger partial charge in [-0.05, 0) is 117 Å². The van der Waals surface area contributed by atoms with Crippen LogP contribution in [0, 0.1) is 0 Å². The van der Waals surface area contributed by atoms with Gasteiger partial charge in [0.25, 0.3) is 23.6 Å². The lowest BCUT2D eigenvalue weighted by Gasteiger charge is -2.37. The van der Waals surface area contributed by atoms with Gasteiger partial charge in [0.1, 0.15) is 0 Å². The zero-order valence-corrected chi connectivity index (χ0v) is 48.5. The van der Waals surface area contributed by atoms with Crippen molar-refractivity contribution in [3.63, 3.8) is 0 Å². The van der Waals surface area contributed by atoms with Crippen LogP contribution in [-0.2, 0) is 38.4 Å². The molecule has 0 aliphatic carbocycles. The van der Waals surface area contributed by atoms with Crippen LogP contribution in [0.1, 0.15) is 25.8 Å². The number of aliphatic hydroxyl groups is 4. The largest absolute Gasteiger partial charge is 0.380 e. The molecule has 76 heavy (non-hydrogen) atoms. The fraction of sp³-hybridized carbons (Fsp3) is 0.333. The maximum absolute atomic E-state index is 12.7. The molecule has 406 valence electrons. The number of nitrogens with two attached hydrogens (primary N) is 1. The first-order valence-corrected chi connectivity index (χ1v) is 29.4. The highest BCUT2D eigenvalue weighted by molar-refractivity contribution is 9.10. The molecule has 5 heterocycles. The van der Waals surface area contributed by atoms with Crippen LogP contribution in [-0.4, -0.2) is 150 Å². The van der Waals surface area contributed by atoms with E-state index in [0.717, 1.165) is 54.2 Å². The molecule has 8 N–H and O–H groups in total. The van der Waals surface area contributed by atoms with Crippen molar-refractivity contribution in [2.24, 2.45) is 5.73 Å². The van der Waals surface area contributed by atoms with Gasteiger partial charge in [0, 0.05) is 99.8 Å². The maximum Gasteiger partial charge on any atom is 0.254 e. The molecule has 4 atom stereocenters. The first-order valence-electron chi connectivity index (χ1n) is 24.4. The Hall–Kier alpha value is -4.68. The molecule has 15 nitrogen and oxygen atoms in total. The van der Waals surface area contributed by atoms with Crippen LogP contribution in [0.3, 0.4) is 0 Å². The molecule has 8 rings (SSSR count). The van der Waals surface area contributed by atoms with Crippen LogP contribution >= 0.6 is 89.1 Å². The lowest BCUT2D eigenvalue weighted by molar-refractivity contribution is -0.153. The van der Waals surface area contributed by atoms with Gasteiger partial charge in [-0.3, -0.25) is 19.2 Å². The molecule has 0 bridgehead atoms. The molecule has 4 amide bonds. The van der Waals surface area contributed by atoms with Crippen LogP contribution in [0.4, 0.5) is 11.4 Å². The Morgan fingerprint density at radius 1 is 0.539 bits per heavy atom. The Labute approximate surface area is 481 Å². The molecule has 0 spiro atoms. The number of carbonyl (C=O) groups excluding carboxylic acids is 4. The summed E-state index contributed by atoms with van der Waals surface area (Å²) in [6, 6.07) is 31.1. The third-order valence-corrected chi connectivity index (χ3v) is 17.3. The Morgan fingerprint density at radius 2 is 0.934 bits per heavy atom. The van der Waals surface area contributed by atoms with E-state index < -0.39 is 48.0 Å². The topological polar surface area (TPSA) is 212 Å². The van der Waals surface area contributed by atoms with Crippen LogP contribution in [0.5, 0.6) is 0 Å². The van der Waals surface area contributed by atoms with Crippen molar-refractivity contribution in [3.8, 4) is 0 Å². The molecular weight excluding hydrogens is 1200 g/mol. The molecule has 0 saturated carbocycles. The number of piperazine rings is 2. The molecule has 3 aromatic carbocycles. The molecule has 3 aromatic heterocycles. The predicted octanol–water partition coefficient (Wildman–Crippen LogP) is 7.21. The Kier molecular flexibility index (Phi) is 24.7. The summed E-state index contributed by atoms with van der Waals surface area (Å²) in [5, 5.41) is 53.5. The zero-order valence-electron chi connectivity index (χ0n) is 41.4. The van der Waals surface area contributed by atoms with Gasteiger partial charge in [-0.1, -0.05) is 90.0 Å². The van der Waals surface area contributed by atoms with Gasteiger partial charge < -0.3 is 56.4 Å². The number of hydrogen-bond donors (Lipinski definition) is 7. The standard InChI is InChI=1S/C28H30ClN3O4S.C20H23BrClN3O4S.C6H8BrNS/c29-23-8-4-5-9-24(23)31-14-16-32(17-15-31)28(36)26(34)25(33)27(35)30-13-12-22-18-21(19-37-22)11-10-20-6-2-1-3-7-20;21-13-11-14(30-12-13)5-6-23-19(28)17(26)18(27)20(29)25-9-7-24(8-10-25)16-4-2-1-3-15(16)22;7-5-3-6(1-2-8)9-4-5/h1-11,18-19,25-26,33-34H,12-17H2,(H,30,35);1-4,11-12,17-18,26-27H,5-10H2,(H,23,28);3-4H,1-2,8H2/b11-10+;;/t25-,26-;17-,18-;/m11./s1. The summed E-state index contributed by atoms with van der Waals surface area (Å²) in [5.41, 5.74) is 9.34. The van der Waals surface area contributed by atoms with Crippen LogP contribution in [0.2, 0.25) is 10.0 Å². The SMILES string of the molecule is NCCc1cc(Br)cs1.O=C(NCCc1cc(/C=C/c2ccccc2)cs1)[C@H](O)[C@@H](O)C(=O)N1CCN(c2ccccc2Cl)CC1.O=C(NCCc1cc(Br)cs1)[C@H](O)[C@@H](O)C(=O)N1CCN(c2ccccc2Cl)CC1. The number of hydrogen-bond acceptors (Lipinski definition) is 14. The number of aliphatic hydroxyl groups excluding tert-OH is 4. The van der Waals surface area contributed by atoms with Gasteiger partial charge in [-0.15, -0.1) is 34.0 Å². The molecule has 2 aliphatic rings. The third kappa shape index (κ3) is 18.5. The molecule has 2 saturated heterocycles. The lowest BCUT2D eigenvalue weighted by atomic mass is 10.1. The quantitative estimate of drug-likeness (QED) is 0.0457. The first-order chi connectivity index (χ1) is 36.6.